The van der Waals surface area contributed by atoms with Gasteiger partial charge in [0.1, 0.15) is 5.75 Å². The Morgan fingerprint density at radius 1 is 1.33 bits per heavy atom. The Kier molecular flexibility index (Phi) is 3.67. The van der Waals surface area contributed by atoms with Gasteiger partial charge >= 0.3 is 0 Å². The fourth-order valence-corrected chi connectivity index (χ4v) is 2.10. The summed E-state index contributed by atoms with van der Waals surface area (Å²) in [6.45, 7) is 4.10. The average molecular weight is 246 g/mol. The Morgan fingerprint density at radius 2 is 2.11 bits per heavy atom. The minimum absolute atomic E-state index is 0.0530. The number of methoxy groups -OCH3 is 1. The summed E-state index contributed by atoms with van der Waals surface area (Å²) >= 11 is 0. The van der Waals surface area contributed by atoms with Gasteiger partial charge in [0.15, 0.2) is 0 Å². The third-order valence-electron chi connectivity index (χ3n) is 2.95. The molecule has 0 bridgehead atoms. The van der Waals surface area contributed by atoms with E-state index in [1.807, 2.05) is 28.9 Å². The van der Waals surface area contributed by atoms with Crippen molar-refractivity contribution in [1.82, 2.24) is 9.78 Å². The lowest BCUT2D eigenvalue weighted by atomic mass is 10.0. The number of hydrogen-bond donors (Lipinski definition) is 1. The zero-order chi connectivity index (χ0) is 13.1. The second-order valence-electron chi connectivity index (χ2n) is 4.40. The molecule has 0 atom stereocenters. The molecule has 0 unspecified atom stereocenters. The van der Waals surface area contributed by atoms with Gasteiger partial charge in [-0.1, -0.05) is 12.1 Å². The van der Waals surface area contributed by atoms with Crippen molar-refractivity contribution in [1.29, 1.82) is 0 Å². The van der Waals surface area contributed by atoms with E-state index in [2.05, 4.69) is 18.9 Å². The molecule has 0 aliphatic rings. The second kappa shape index (κ2) is 5.23. The minimum atomic E-state index is -0.0530. The molecule has 0 radical (unpaired) electrons. The number of ether oxygens (including phenoxy) is 1. The first-order chi connectivity index (χ1) is 8.69. The van der Waals surface area contributed by atoms with Crippen molar-refractivity contribution >= 4 is 0 Å². The minimum Gasteiger partial charge on any atom is -0.496 e. The highest BCUT2D eigenvalue weighted by molar-refractivity contribution is 5.67. The molecule has 0 amide bonds. The zero-order valence-corrected chi connectivity index (χ0v) is 10.9. The summed E-state index contributed by atoms with van der Waals surface area (Å²) in [6.07, 6.45) is 1.77. The van der Waals surface area contributed by atoms with Crippen LogP contribution in [-0.4, -0.2) is 22.0 Å². The number of aliphatic hydroxyl groups excluding tert-OH is 1. The van der Waals surface area contributed by atoms with Gasteiger partial charge in [-0.2, -0.15) is 5.10 Å². The molecule has 4 heteroatoms. The van der Waals surface area contributed by atoms with Crippen LogP contribution in [0.15, 0.2) is 30.5 Å². The lowest BCUT2D eigenvalue weighted by Crippen LogP contribution is -2.06. The Hall–Kier alpha value is -1.81. The van der Waals surface area contributed by atoms with Crippen molar-refractivity contribution in [2.24, 2.45) is 0 Å². The lowest BCUT2D eigenvalue weighted by molar-refractivity contribution is 0.274. The van der Waals surface area contributed by atoms with Crippen molar-refractivity contribution in [2.45, 2.75) is 26.5 Å². The molecule has 4 nitrogen and oxygen atoms in total. The molecular formula is C14H18N2O2. The van der Waals surface area contributed by atoms with Crippen LogP contribution in [0.4, 0.5) is 0 Å². The third kappa shape index (κ3) is 2.11. The van der Waals surface area contributed by atoms with Gasteiger partial charge in [0.2, 0.25) is 0 Å². The first kappa shape index (κ1) is 12.6. The van der Waals surface area contributed by atoms with Crippen LogP contribution in [0.5, 0.6) is 5.75 Å². The molecule has 2 rings (SSSR count). The maximum absolute atomic E-state index is 9.55. The van der Waals surface area contributed by atoms with E-state index in [-0.39, 0.29) is 12.6 Å². The van der Waals surface area contributed by atoms with Crippen molar-refractivity contribution in [3.63, 3.8) is 0 Å². The van der Waals surface area contributed by atoms with Crippen LogP contribution in [0, 0.1) is 0 Å². The van der Waals surface area contributed by atoms with E-state index in [1.54, 1.807) is 13.3 Å². The zero-order valence-electron chi connectivity index (χ0n) is 10.9. The number of rotatable bonds is 4. The average Bonchev–Trinajstić information content (AvgIpc) is 2.86. The van der Waals surface area contributed by atoms with E-state index in [0.29, 0.717) is 5.75 Å². The van der Waals surface area contributed by atoms with Crippen LogP contribution in [0.2, 0.25) is 0 Å². The molecule has 0 aliphatic heterocycles. The van der Waals surface area contributed by atoms with Gasteiger partial charge in [0.25, 0.3) is 0 Å². The van der Waals surface area contributed by atoms with Crippen molar-refractivity contribution < 1.29 is 9.84 Å². The summed E-state index contributed by atoms with van der Waals surface area (Å²) in [7, 11) is 1.61. The van der Waals surface area contributed by atoms with Crippen molar-refractivity contribution in [3.05, 3.63) is 36.0 Å². The standard InChI is InChI=1S/C14H18N2O2/c1-10(2)16-13(7-8-15-16)11-5-4-6-14(18-3)12(11)9-17/h4-8,10,17H,9H2,1-3H3. The SMILES string of the molecule is COc1cccc(-c2ccnn2C(C)C)c1CO. The normalized spacial score (nSPS) is 10.9. The van der Waals surface area contributed by atoms with E-state index >= 15 is 0 Å². The monoisotopic (exact) mass is 246 g/mol. The molecule has 1 N–H and O–H groups in total. The first-order valence-electron chi connectivity index (χ1n) is 5.99. The van der Waals surface area contributed by atoms with Gasteiger partial charge < -0.3 is 9.84 Å². The second-order valence-corrected chi connectivity index (χ2v) is 4.40. The fraction of sp³-hybridized carbons (Fsp3) is 0.357. The number of hydrogen-bond acceptors (Lipinski definition) is 3. The van der Waals surface area contributed by atoms with Crippen molar-refractivity contribution in [2.75, 3.05) is 7.11 Å². The molecule has 0 saturated carbocycles. The van der Waals surface area contributed by atoms with E-state index in [1.165, 1.54) is 0 Å². The van der Waals surface area contributed by atoms with E-state index in [4.69, 9.17) is 4.74 Å². The van der Waals surface area contributed by atoms with Gasteiger partial charge in [-0.3, -0.25) is 4.68 Å². The van der Waals surface area contributed by atoms with Gasteiger partial charge in [-0.05, 0) is 26.0 Å². The van der Waals surface area contributed by atoms with E-state index < -0.39 is 0 Å². The number of nitrogens with zero attached hydrogens (tertiary/aromatic N) is 2. The highest BCUT2D eigenvalue weighted by Gasteiger charge is 2.14. The first-order valence-corrected chi connectivity index (χ1v) is 5.99. The molecule has 1 heterocycles. The number of aromatic nitrogens is 2. The molecule has 2 aromatic rings. The number of benzene rings is 1. The van der Waals surface area contributed by atoms with Gasteiger partial charge in [0, 0.05) is 23.4 Å². The summed E-state index contributed by atoms with van der Waals surface area (Å²) < 4.78 is 7.22. The molecule has 0 spiro atoms. The summed E-state index contributed by atoms with van der Waals surface area (Å²) in [4.78, 5) is 0. The molecule has 96 valence electrons. The fourth-order valence-electron chi connectivity index (χ4n) is 2.10. The van der Waals surface area contributed by atoms with Crippen LogP contribution in [0.25, 0.3) is 11.3 Å². The van der Waals surface area contributed by atoms with Crippen LogP contribution in [-0.2, 0) is 6.61 Å². The Morgan fingerprint density at radius 3 is 2.72 bits per heavy atom. The third-order valence-corrected chi connectivity index (χ3v) is 2.95. The Bertz CT molecular complexity index is 532. The highest BCUT2D eigenvalue weighted by Crippen LogP contribution is 2.31. The topological polar surface area (TPSA) is 47.3 Å². The maximum Gasteiger partial charge on any atom is 0.125 e. The Labute approximate surface area is 107 Å². The molecule has 1 aromatic heterocycles. The molecular weight excluding hydrogens is 228 g/mol. The lowest BCUT2D eigenvalue weighted by Gasteiger charge is -2.15. The quantitative estimate of drug-likeness (QED) is 0.902. The number of aliphatic hydroxyl groups is 1. The molecule has 0 aliphatic carbocycles. The predicted octanol–water partition coefficient (Wildman–Crippen LogP) is 2.63. The smallest absolute Gasteiger partial charge is 0.125 e. The van der Waals surface area contributed by atoms with E-state index in [9.17, 15) is 5.11 Å². The van der Waals surface area contributed by atoms with E-state index in [0.717, 1.165) is 16.8 Å². The molecule has 18 heavy (non-hydrogen) atoms. The van der Waals surface area contributed by atoms with Crippen LogP contribution >= 0.6 is 0 Å². The van der Waals surface area contributed by atoms with Gasteiger partial charge in [-0.15, -0.1) is 0 Å². The van der Waals surface area contributed by atoms with Gasteiger partial charge in [-0.25, -0.2) is 0 Å². The van der Waals surface area contributed by atoms with Crippen LogP contribution in [0.3, 0.4) is 0 Å². The molecule has 0 fully saturated rings. The predicted molar refractivity (Wildman–Crippen MR) is 70.5 cm³/mol. The summed E-state index contributed by atoms with van der Waals surface area (Å²) in [5.41, 5.74) is 2.75. The summed E-state index contributed by atoms with van der Waals surface area (Å²) in [6, 6.07) is 7.97. The molecule has 0 saturated heterocycles. The molecule has 1 aromatic carbocycles. The maximum atomic E-state index is 9.55. The highest BCUT2D eigenvalue weighted by atomic mass is 16.5. The van der Waals surface area contributed by atoms with Crippen LogP contribution < -0.4 is 4.74 Å². The van der Waals surface area contributed by atoms with Gasteiger partial charge in [0.05, 0.1) is 19.4 Å². The summed E-state index contributed by atoms with van der Waals surface area (Å²) in [5, 5.41) is 13.9. The van der Waals surface area contributed by atoms with Crippen molar-refractivity contribution in [3.8, 4) is 17.0 Å². The summed E-state index contributed by atoms with van der Waals surface area (Å²) in [5.74, 6) is 0.700. The Balaban J connectivity index is 2.60. The van der Waals surface area contributed by atoms with Crippen LogP contribution in [0.1, 0.15) is 25.5 Å². The largest absolute Gasteiger partial charge is 0.496 e.